The molecule has 126 valence electrons. The first kappa shape index (κ1) is 20.0. The van der Waals surface area contributed by atoms with Gasteiger partial charge in [0.05, 0.1) is 13.2 Å². The van der Waals surface area contributed by atoms with Crippen molar-refractivity contribution >= 4 is 11.9 Å². The van der Waals surface area contributed by atoms with Crippen LogP contribution in [0.3, 0.4) is 0 Å². The van der Waals surface area contributed by atoms with Crippen molar-refractivity contribution in [3.63, 3.8) is 0 Å². The number of hydrogen-bond donors (Lipinski definition) is 2. The molecule has 0 fully saturated rings. The van der Waals surface area contributed by atoms with Gasteiger partial charge in [-0.1, -0.05) is 0 Å². The first-order chi connectivity index (χ1) is 10.5. The summed E-state index contributed by atoms with van der Waals surface area (Å²) in [5.41, 5.74) is 1.59. The first-order valence-corrected chi connectivity index (χ1v) is 7.67. The summed E-state index contributed by atoms with van der Waals surface area (Å²) in [4.78, 5) is 22.4. The highest BCUT2D eigenvalue weighted by Crippen LogP contribution is 1.94. The fraction of sp³-hybridized carbons (Fsp3) is 0.625. The second-order valence-electron chi connectivity index (χ2n) is 4.72. The Morgan fingerprint density at radius 3 is 1.50 bits per heavy atom. The Labute approximate surface area is 132 Å². The van der Waals surface area contributed by atoms with Crippen LogP contribution in [0.4, 0.5) is 0 Å². The summed E-state index contributed by atoms with van der Waals surface area (Å²) in [6, 6.07) is 0. The SMILES string of the molecule is CCOC(=O)C=C(C)NCCCCNC(C)=CC(=O)OCC. The topological polar surface area (TPSA) is 76.7 Å². The Morgan fingerprint density at radius 1 is 0.818 bits per heavy atom. The van der Waals surface area contributed by atoms with E-state index in [0.717, 1.165) is 37.3 Å². The summed E-state index contributed by atoms with van der Waals surface area (Å²) < 4.78 is 9.65. The van der Waals surface area contributed by atoms with Crippen molar-refractivity contribution in [2.24, 2.45) is 0 Å². The molecule has 0 rings (SSSR count). The van der Waals surface area contributed by atoms with Gasteiger partial charge in [-0.3, -0.25) is 0 Å². The van der Waals surface area contributed by atoms with E-state index in [1.165, 1.54) is 12.2 Å². The largest absolute Gasteiger partial charge is 0.463 e. The van der Waals surface area contributed by atoms with E-state index in [0.29, 0.717) is 13.2 Å². The van der Waals surface area contributed by atoms with E-state index in [-0.39, 0.29) is 11.9 Å². The molecule has 0 aliphatic rings. The standard InChI is InChI=1S/C16H28N2O4/c1-5-21-15(19)11-13(3)17-9-7-8-10-18-14(4)12-16(20)22-6-2/h11-12,17-18H,5-10H2,1-4H3. The van der Waals surface area contributed by atoms with Crippen LogP contribution in [0.5, 0.6) is 0 Å². The van der Waals surface area contributed by atoms with Crippen LogP contribution >= 0.6 is 0 Å². The molecule has 6 heteroatoms. The van der Waals surface area contributed by atoms with Gasteiger partial charge in [0.15, 0.2) is 0 Å². The summed E-state index contributed by atoms with van der Waals surface area (Å²) in [6.45, 7) is 9.55. The average Bonchev–Trinajstić information content (AvgIpc) is 2.42. The maximum Gasteiger partial charge on any atom is 0.332 e. The molecule has 0 unspecified atom stereocenters. The van der Waals surface area contributed by atoms with E-state index in [1.807, 2.05) is 13.8 Å². The molecule has 0 saturated carbocycles. The quantitative estimate of drug-likeness (QED) is 0.345. The third-order valence-corrected chi connectivity index (χ3v) is 2.65. The van der Waals surface area contributed by atoms with E-state index in [2.05, 4.69) is 10.6 Å². The predicted octanol–water partition coefficient (Wildman–Crippen LogP) is 1.88. The molecular weight excluding hydrogens is 284 g/mol. The molecule has 0 bridgehead atoms. The molecule has 0 radical (unpaired) electrons. The minimum atomic E-state index is -0.325. The maximum absolute atomic E-state index is 11.2. The number of unbranched alkanes of at least 4 members (excludes halogenated alkanes) is 1. The van der Waals surface area contributed by atoms with Crippen LogP contribution in [0.25, 0.3) is 0 Å². The van der Waals surface area contributed by atoms with Crippen LogP contribution in [0.2, 0.25) is 0 Å². The second kappa shape index (κ2) is 12.7. The lowest BCUT2D eigenvalue weighted by Gasteiger charge is -2.08. The molecule has 0 atom stereocenters. The van der Waals surface area contributed by atoms with Crippen LogP contribution in [0.15, 0.2) is 23.5 Å². The van der Waals surface area contributed by atoms with E-state index >= 15 is 0 Å². The molecule has 0 aliphatic heterocycles. The van der Waals surface area contributed by atoms with E-state index < -0.39 is 0 Å². The zero-order chi connectivity index (χ0) is 16.8. The second-order valence-corrected chi connectivity index (χ2v) is 4.72. The fourth-order valence-corrected chi connectivity index (χ4v) is 1.64. The third kappa shape index (κ3) is 11.8. The molecule has 0 aromatic carbocycles. The normalized spacial score (nSPS) is 11.8. The van der Waals surface area contributed by atoms with Crippen LogP contribution in [0, 0.1) is 0 Å². The molecule has 0 amide bonds. The van der Waals surface area contributed by atoms with Crippen LogP contribution in [-0.2, 0) is 19.1 Å². The molecule has 0 aromatic heterocycles. The van der Waals surface area contributed by atoms with Gasteiger partial charge < -0.3 is 20.1 Å². The minimum absolute atomic E-state index is 0.325. The molecule has 0 spiro atoms. The van der Waals surface area contributed by atoms with Gasteiger partial charge in [-0.2, -0.15) is 0 Å². The molecule has 0 saturated heterocycles. The molecule has 2 N–H and O–H groups in total. The molecule has 0 aliphatic carbocycles. The lowest BCUT2D eigenvalue weighted by molar-refractivity contribution is -0.138. The Balaban J connectivity index is 3.73. The first-order valence-electron chi connectivity index (χ1n) is 7.67. The number of carbonyl (C=O) groups excluding carboxylic acids is 2. The van der Waals surface area contributed by atoms with Gasteiger partial charge in [-0.05, 0) is 40.5 Å². The van der Waals surface area contributed by atoms with Crippen LogP contribution < -0.4 is 10.6 Å². The summed E-state index contributed by atoms with van der Waals surface area (Å²) in [6.07, 6.45) is 4.81. The van der Waals surface area contributed by atoms with Gasteiger partial charge in [0.2, 0.25) is 0 Å². The van der Waals surface area contributed by atoms with Gasteiger partial charge in [0.1, 0.15) is 0 Å². The highest BCUT2D eigenvalue weighted by Gasteiger charge is 1.99. The van der Waals surface area contributed by atoms with Crippen molar-refractivity contribution in [3.05, 3.63) is 23.5 Å². The zero-order valence-electron chi connectivity index (χ0n) is 14.0. The summed E-state index contributed by atoms with van der Waals surface area (Å²) in [5.74, 6) is -0.650. The molecule has 6 nitrogen and oxygen atoms in total. The number of allylic oxidation sites excluding steroid dienone is 2. The zero-order valence-corrected chi connectivity index (χ0v) is 14.0. The predicted molar refractivity (Wildman–Crippen MR) is 86.0 cm³/mol. The number of nitrogens with one attached hydrogen (secondary N) is 2. The Kier molecular flexibility index (Phi) is 11.6. The highest BCUT2D eigenvalue weighted by atomic mass is 16.5. The minimum Gasteiger partial charge on any atom is -0.463 e. The van der Waals surface area contributed by atoms with E-state index in [9.17, 15) is 9.59 Å². The number of carbonyl (C=O) groups is 2. The lowest BCUT2D eigenvalue weighted by Crippen LogP contribution is -2.18. The summed E-state index contributed by atoms with van der Waals surface area (Å²) >= 11 is 0. The van der Waals surface area contributed by atoms with Crippen molar-refractivity contribution in [2.45, 2.75) is 40.5 Å². The maximum atomic E-state index is 11.2. The van der Waals surface area contributed by atoms with Gasteiger partial charge in [0.25, 0.3) is 0 Å². The van der Waals surface area contributed by atoms with Crippen molar-refractivity contribution < 1.29 is 19.1 Å². The molecule has 0 aromatic rings. The van der Waals surface area contributed by atoms with Crippen LogP contribution in [0.1, 0.15) is 40.5 Å². The van der Waals surface area contributed by atoms with E-state index in [1.54, 1.807) is 13.8 Å². The molecule has 22 heavy (non-hydrogen) atoms. The Bertz CT molecular complexity index is 365. The third-order valence-electron chi connectivity index (χ3n) is 2.65. The van der Waals surface area contributed by atoms with Gasteiger partial charge in [0, 0.05) is 36.6 Å². The monoisotopic (exact) mass is 312 g/mol. The van der Waals surface area contributed by atoms with Crippen LogP contribution in [-0.4, -0.2) is 38.2 Å². The Morgan fingerprint density at radius 2 is 1.18 bits per heavy atom. The van der Waals surface area contributed by atoms with Crippen molar-refractivity contribution in [2.75, 3.05) is 26.3 Å². The van der Waals surface area contributed by atoms with Gasteiger partial charge >= 0.3 is 11.9 Å². The number of hydrogen-bond acceptors (Lipinski definition) is 6. The van der Waals surface area contributed by atoms with Gasteiger partial charge in [-0.15, -0.1) is 0 Å². The van der Waals surface area contributed by atoms with Crippen molar-refractivity contribution in [1.29, 1.82) is 0 Å². The average molecular weight is 312 g/mol. The number of rotatable bonds is 11. The highest BCUT2D eigenvalue weighted by molar-refractivity contribution is 5.82. The van der Waals surface area contributed by atoms with Crippen molar-refractivity contribution in [1.82, 2.24) is 10.6 Å². The fourth-order valence-electron chi connectivity index (χ4n) is 1.64. The summed E-state index contributed by atoms with van der Waals surface area (Å²) in [7, 11) is 0. The van der Waals surface area contributed by atoms with E-state index in [4.69, 9.17) is 9.47 Å². The van der Waals surface area contributed by atoms with Crippen molar-refractivity contribution in [3.8, 4) is 0 Å². The number of esters is 2. The summed E-state index contributed by atoms with van der Waals surface area (Å²) in [5, 5.41) is 6.31. The molecule has 0 heterocycles. The lowest BCUT2D eigenvalue weighted by atomic mass is 10.3. The smallest absolute Gasteiger partial charge is 0.332 e. The Hall–Kier alpha value is -1.98. The molecular formula is C16H28N2O4. The van der Waals surface area contributed by atoms with Gasteiger partial charge in [-0.25, -0.2) is 9.59 Å². The number of ether oxygens (including phenoxy) is 2.